The summed E-state index contributed by atoms with van der Waals surface area (Å²) >= 11 is 0. The van der Waals surface area contributed by atoms with E-state index in [2.05, 4.69) is 16.0 Å². The molecule has 2 aromatic carbocycles. The maximum Gasteiger partial charge on any atom is 0.323 e. The van der Waals surface area contributed by atoms with E-state index in [4.69, 9.17) is 9.47 Å². The molecule has 9 heteroatoms. The van der Waals surface area contributed by atoms with Gasteiger partial charge in [0.1, 0.15) is 12.6 Å². The predicted molar refractivity (Wildman–Crippen MR) is 130 cm³/mol. The van der Waals surface area contributed by atoms with Crippen molar-refractivity contribution in [1.29, 1.82) is 0 Å². The number of carbonyl (C=O) groups excluding carboxylic acids is 3. The lowest BCUT2D eigenvalue weighted by Crippen LogP contribution is -2.56. The zero-order valence-electron chi connectivity index (χ0n) is 20.0. The molecule has 3 rings (SSSR count). The van der Waals surface area contributed by atoms with Gasteiger partial charge in [-0.05, 0) is 42.2 Å². The van der Waals surface area contributed by atoms with Crippen molar-refractivity contribution in [3.05, 3.63) is 48.0 Å². The van der Waals surface area contributed by atoms with Gasteiger partial charge in [-0.3, -0.25) is 14.5 Å². The Morgan fingerprint density at radius 2 is 1.85 bits per heavy atom. The Morgan fingerprint density at radius 1 is 1.12 bits per heavy atom. The zero-order valence-corrected chi connectivity index (χ0v) is 20.0. The van der Waals surface area contributed by atoms with E-state index in [1.165, 1.54) is 4.90 Å². The second kappa shape index (κ2) is 11.4. The maximum absolute atomic E-state index is 13.1. The highest BCUT2D eigenvalue weighted by Gasteiger charge is 2.31. The van der Waals surface area contributed by atoms with Crippen molar-refractivity contribution in [2.45, 2.75) is 32.7 Å². The molecule has 0 fully saturated rings. The minimum Gasteiger partial charge on any atom is -0.493 e. The van der Waals surface area contributed by atoms with Gasteiger partial charge >= 0.3 is 6.03 Å². The molecule has 2 atom stereocenters. The molecule has 4 amide bonds. The maximum atomic E-state index is 13.1. The number of hydrogen-bond donors (Lipinski definition) is 3. The number of nitrogens with zero attached hydrogens (tertiary/aromatic N) is 1. The van der Waals surface area contributed by atoms with Crippen molar-refractivity contribution in [2.75, 3.05) is 37.5 Å². The summed E-state index contributed by atoms with van der Waals surface area (Å²) in [4.78, 5) is 39.6. The van der Waals surface area contributed by atoms with Crippen LogP contribution in [0.25, 0.3) is 0 Å². The van der Waals surface area contributed by atoms with E-state index in [0.29, 0.717) is 42.3 Å². The summed E-state index contributed by atoms with van der Waals surface area (Å²) in [6.07, 6.45) is 1.29. The van der Waals surface area contributed by atoms with Crippen molar-refractivity contribution in [3.63, 3.8) is 0 Å². The first-order chi connectivity index (χ1) is 16.4. The Labute approximate surface area is 199 Å². The van der Waals surface area contributed by atoms with Crippen LogP contribution in [0.3, 0.4) is 0 Å². The normalized spacial score (nSPS) is 14.4. The average molecular weight is 469 g/mol. The quantitative estimate of drug-likeness (QED) is 0.524. The molecule has 0 saturated heterocycles. The van der Waals surface area contributed by atoms with Crippen LogP contribution < -0.4 is 30.3 Å². The highest BCUT2D eigenvalue weighted by molar-refractivity contribution is 6.10. The van der Waals surface area contributed by atoms with Crippen LogP contribution in [0.5, 0.6) is 11.5 Å². The van der Waals surface area contributed by atoms with E-state index >= 15 is 0 Å². The van der Waals surface area contributed by atoms with E-state index < -0.39 is 12.1 Å². The molecule has 0 spiro atoms. The number of anilines is 2. The SMILES string of the molecule is CC[C@@H](C)[C@H](NC(=O)N1CC(=O)Nc2ccccc21)C(=O)NCCc1ccc(OC)c(OC)c1. The van der Waals surface area contributed by atoms with Gasteiger partial charge < -0.3 is 25.4 Å². The van der Waals surface area contributed by atoms with Crippen LogP contribution >= 0.6 is 0 Å². The number of methoxy groups -OCH3 is 2. The van der Waals surface area contributed by atoms with Gasteiger partial charge in [-0.1, -0.05) is 38.5 Å². The predicted octanol–water partition coefficient (Wildman–Crippen LogP) is 2.95. The van der Waals surface area contributed by atoms with E-state index in [1.54, 1.807) is 38.5 Å². The smallest absolute Gasteiger partial charge is 0.323 e. The molecule has 1 aliphatic rings. The number of ether oxygens (including phenoxy) is 2. The van der Waals surface area contributed by atoms with Crippen LogP contribution in [-0.2, 0) is 16.0 Å². The molecule has 182 valence electrons. The summed E-state index contributed by atoms with van der Waals surface area (Å²) in [6, 6.07) is 11.5. The van der Waals surface area contributed by atoms with E-state index in [-0.39, 0.29) is 24.3 Å². The van der Waals surface area contributed by atoms with E-state index in [1.807, 2.05) is 32.0 Å². The second-order valence-corrected chi connectivity index (χ2v) is 8.19. The molecule has 0 saturated carbocycles. The number of hydrogen-bond acceptors (Lipinski definition) is 5. The van der Waals surface area contributed by atoms with Crippen LogP contribution in [0, 0.1) is 5.92 Å². The third-order valence-corrected chi connectivity index (χ3v) is 5.95. The fourth-order valence-corrected chi connectivity index (χ4v) is 3.80. The highest BCUT2D eigenvalue weighted by Crippen LogP contribution is 2.29. The van der Waals surface area contributed by atoms with Crippen molar-refractivity contribution in [1.82, 2.24) is 10.6 Å². The molecule has 0 bridgehead atoms. The van der Waals surface area contributed by atoms with Crippen LogP contribution in [0.15, 0.2) is 42.5 Å². The summed E-state index contributed by atoms with van der Waals surface area (Å²) in [5, 5.41) is 8.52. The van der Waals surface area contributed by atoms with Gasteiger partial charge in [-0.25, -0.2) is 4.79 Å². The fourth-order valence-electron chi connectivity index (χ4n) is 3.80. The molecule has 9 nitrogen and oxygen atoms in total. The van der Waals surface area contributed by atoms with Crippen LogP contribution in [0.2, 0.25) is 0 Å². The van der Waals surface area contributed by atoms with Crippen LogP contribution in [0.4, 0.5) is 16.2 Å². The molecule has 0 aliphatic carbocycles. The fraction of sp³-hybridized carbons (Fsp3) is 0.400. The first-order valence-electron chi connectivity index (χ1n) is 11.3. The molecule has 0 unspecified atom stereocenters. The first-order valence-corrected chi connectivity index (χ1v) is 11.3. The standard InChI is InChI=1S/C25H32N4O5/c1-5-16(2)23(24(31)26-13-12-17-10-11-20(33-3)21(14-17)34-4)28-25(32)29-15-22(30)27-18-8-6-7-9-19(18)29/h6-11,14,16,23H,5,12-13,15H2,1-4H3,(H,26,31)(H,27,30)(H,28,32)/t16-,23+/m1/s1. The van der Waals surface area contributed by atoms with Gasteiger partial charge in [0.15, 0.2) is 11.5 Å². The molecular formula is C25H32N4O5. The Hall–Kier alpha value is -3.75. The van der Waals surface area contributed by atoms with Crippen LogP contribution in [0.1, 0.15) is 25.8 Å². The topological polar surface area (TPSA) is 109 Å². The number of benzene rings is 2. The largest absolute Gasteiger partial charge is 0.493 e. The molecule has 3 N–H and O–H groups in total. The van der Waals surface area contributed by atoms with Crippen molar-refractivity contribution >= 4 is 29.2 Å². The lowest BCUT2D eigenvalue weighted by atomic mass is 9.98. The summed E-state index contributed by atoms with van der Waals surface area (Å²) in [5.41, 5.74) is 2.14. The molecule has 1 heterocycles. The third kappa shape index (κ3) is 5.78. The molecule has 1 aliphatic heterocycles. The number of fused-ring (bicyclic) bond motifs is 1. The van der Waals surface area contributed by atoms with Gasteiger partial charge in [0, 0.05) is 6.54 Å². The molecular weight excluding hydrogens is 436 g/mol. The summed E-state index contributed by atoms with van der Waals surface area (Å²) in [5.74, 6) is 0.620. The minimum absolute atomic E-state index is 0.0982. The van der Waals surface area contributed by atoms with Gasteiger partial charge in [0.25, 0.3) is 0 Å². The van der Waals surface area contributed by atoms with Crippen molar-refractivity contribution in [3.8, 4) is 11.5 Å². The summed E-state index contributed by atoms with van der Waals surface area (Å²) in [7, 11) is 3.16. The molecule has 2 aromatic rings. The number of urea groups is 1. The van der Waals surface area contributed by atoms with Crippen molar-refractivity contribution in [2.24, 2.45) is 5.92 Å². The summed E-state index contributed by atoms with van der Waals surface area (Å²) < 4.78 is 10.6. The van der Waals surface area contributed by atoms with Crippen molar-refractivity contribution < 1.29 is 23.9 Å². The highest BCUT2D eigenvalue weighted by atomic mass is 16.5. The summed E-state index contributed by atoms with van der Waals surface area (Å²) in [6.45, 7) is 4.16. The lowest BCUT2D eigenvalue weighted by molar-refractivity contribution is -0.124. The van der Waals surface area contributed by atoms with Crippen LogP contribution in [-0.4, -0.2) is 51.2 Å². The zero-order chi connectivity index (χ0) is 24.7. The Kier molecular flexibility index (Phi) is 8.34. The Bertz CT molecular complexity index is 1040. The molecule has 34 heavy (non-hydrogen) atoms. The average Bonchev–Trinajstić information content (AvgIpc) is 2.85. The van der Waals surface area contributed by atoms with Gasteiger partial charge in [0.05, 0.1) is 25.6 Å². The Balaban J connectivity index is 1.65. The van der Waals surface area contributed by atoms with E-state index in [9.17, 15) is 14.4 Å². The number of carbonyl (C=O) groups is 3. The van der Waals surface area contributed by atoms with Gasteiger partial charge in [-0.15, -0.1) is 0 Å². The molecule has 0 radical (unpaired) electrons. The number of para-hydroxylation sites is 2. The lowest BCUT2D eigenvalue weighted by Gasteiger charge is -2.32. The second-order valence-electron chi connectivity index (χ2n) is 8.19. The minimum atomic E-state index is -0.736. The third-order valence-electron chi connectivity index (χ3n) is 5.95. The molecule has 0 aromatic heterocycles. The first kappa shape index (κ1) is 24.9. The number of nitrogens with one attached hydrogen (secondary N) is 3. The van der Waals surface area contributed by atoms with Gasteiger partial charge in [-0.2, -0.15) is 0 Å². The van der Waals surface area contributed by atoms with E-state index in [0.717, 1.165) is 5.56 Å². The monoisotopic (exact) mass is 468 g/mol. The number of rotatable bonds is 9. The Morgan fingerprint density at radius 3 is 2.56 bits per heavy atom. The van der Waals surface area contributed by atoms with Gasteiger partial charge in [0.2, 0.25) is 11.8 Å². The number of amides is 4.